The molecule has 0 rings (SSSR count). The van der Waals surface area contributed by atoms with Crippen LogP contribution in [0, 0.1) is 0 Å². The van der Waals surface area contributed by atoms with Crippen molar-refractivity contribution in [3.8, 4) is 0 Å². The fourth-order valence-corrected chi connectivity index (χ4v) is 0.270. The average molecular weight is 224 g/mol. The number of hydrogen-bond donors (Lipinski definition) is 5. The Balaban J connectivity index is 0. The first-order chi connectivity index (χ1) is 6.73. The Morgan fingerprint density at radius 1 is 0.933 bits per heavy atom. The summed E-state index contributed by atoms with van der Waals surface area (Å²) in [5.41, 5.74) is 0. The van der Waals surface area contributed by atoms with E-state index in [1.807, 2.05) is 0 Å². The molecular weight excluding hydrogens is 212 g/mol. The number of aliphatic hydroxyl groups excluding tert-OH is 2. The van der Waals surface area contributed by atoms with Crippen LogP contribution in [0.4, 0.5) is 0 Å². The summed E-state index contributed by atoms with van der Waals surface area (Å²) in [7, 11) is 0. The highest BCUT2D eigenvalue weighted by Gasteiger charge is 2.29. The Morgan fingerprint density at radius 3 is 1.20 bits per heavy atom. The van der Waals surface area contributed by atoms with E-state index in [1.54, 1.807) is 6.92 Å². The van der Waals surface area contributed by atoms with Crippen LogP contribution in [0.3, 0.4) is 0 Å². The molecule has 88 valence electrons. The summed E-state index contributed by atoms with van der Waals surface area (Å²) >= 11 is 0. The molecule has 0 spiro atoms. The maximum absolute atomic E-state index is 9.77. The van der Waals surface area contributed by atoms with Gasteiger partial charge in [0.05, 0.1) is 0 Å². The van der Waals surface area contributed by atoms with E-state index < -0.39 is 30.1 Å². The molecule has 0 aliphatic rings. The third kappa shape index (κ3) is 8.65. The molecule has 8 nitrogen and oxygen atoms in total. The molecule has 0 aromatic carbocycles. The lowest BCUT2D eigenvalue weighted by Crippen LogP contribution is -2.39. The predicted molar refractivity (Wildman–Crippen MR) is 45.2 cm³/mol. The van der Waals surface area contributed by atoms with Crippen LogP contribution < -0.4 is 0 Å². The van der Waals surface area contributed by atoms with Crippen LogP contribution in [0.15, 0.2) is 0 Å². The van der Waals surface area contributed by atoms with Crippen LogP contribution in [0.5, 0.6) is 0 Å². The summed E-state index contributed by atoms with van der Waals surface area (Å²) in [6.45, 7) is 1.60. The zero-order valence-electron chi connectivity index (χ0n) is 7.82. The van der Waals surface area contributed by atoms with Gasteiger partial charge >= 0.3 is 17.9 Å². The topological polar surface area (TPSA) is 152 Å². The number of hydrogen-bond acceptors (Lipinski definition) is 5. The van der Waals surface area contributed by atoms with E-state index in [0.717, 1.165) is 0 Å². The molecule has 0 bridgehead atoms. The second kappa shape index (κ2) is 7.71. The summed E-state index contributed by atoms with van der Waals surface area (Å²) < 4.78 is 0. The lowest BCUT2D eigenvalue weighted by molar-refractivity contribution is -0.165. The number of carboxylic acid groups (broad SMARTS) is 3. The number of rotatable bonds is 4. The van der Waals surface area contributed by atoms with E-state index in [9.17, 15) is 14.4 Å². The molecular formula is C7H12O8. The fraction of sp³-hybridized carbons (Fsp3) is 0.571. The summed E-state index contributed by atoms with van der Waals surface area (Å²) in [6, 6.07) is 0. The Kier molecular flexibility index (Phi) is 8.11. The second-order valence-corrected chi connectivity index (χ2v) is 2.31. The van der Waals surface area contributed by atoms with Crippen molar-refractivity contribution in [1.82, 2.24) is 0 Å². The molecule has 8 heteroatoms. The molecule has 0 heterocycles. The van der Waals surface area contributed by atoms with Gasteiger partial charge in [0.1, 0.15) is 0 Å². The summed E-state index contributed by atoms with van der Waals surface area (Å²) in [4.78, 5) is 28.9. The van der Waals surface area contributed by atoms with E-state index in [4.69, 9.17) is 25.5 Å². The largest absolute Gasteiger partial charge is 0.481 e. The maximum Gasteiger partial charge on any atom is 0.335 e. The number of carbonyl (C=O) groups is 3. The molecule has 0 aromatic rings. The van der Waals surface area contributed by atoms with Crippen molar-refractivity contribution < 1.29 is 39.9 Å². The van der Waals surface area contributed by atoms with Gasteiger partial charge in [0.15, 0.2) is 12.2 Å². The number of carboxylic acids is 3. The van der Waals surface area contributed by atoms with Gasteiger partial charge in [-0.25, -0.2) is 9.59 Å². The number of aliphatic hydroxyl groups is 2. The Labute approximate surface area is 84.4 Å². The molecule has 0 aliphatic carbocycles. The highest BCUT2D eigenvalue weighted by atomic mass is 16.4. The van der Waals surface area contributed by atoms with Gasteiger partial charge in [-0.2, -0.15) is 0 Å². The van der Waals surface area contributed by atoms with Crippen LogP contribution in [-0.4, -0.2) is 55.6 Å². The first-order valence-electron chi connectivity index (χ1n) is 3.77. The normalized spacial score (nSPS) is 13.0. The minimum atomic E-state index is -2.27. The lowest BCUT2D eigenvalue weighted by Gasteiger charge is -2.07. The van der Waals surface area contributed by atoms with Gasteiger partial charge < -0.3 is 25.5 Å². The standard InChI is InChI=1S/C4H6O6.C3H6O2/c5-1(3(7)8)2(6)4(9)10;1-2-3(4)5/h1-2,5-6H,(H,7,8)(H,9,10);2H2,1H3,(H,4,5). The monoisotopic (exact) mass is 224 g/mol. The minimum absolute atomic E-state index is 0.222. The average Bonchev–Trinajstić information content (AvgIpc) is 2.16. The molecule has 0 saturated heterocycles. The second-order valence-electron chi connectivity index (χ2n) is 2.31. The maximum atomic E-state index is 9.77. The molecule has 0 fully saturated rings. The molecule has 0 saturated carbocycles. The van der Waals surface area contributed by atoms with Crippen molar-refractivity contribution in [2.24, 2.45) is 0 Å². The first kappa shape index (κ1) is 15.8. The van der Waals surface area contributed by atoms with Gasteiger partial charge in [-0.15, -0.1) is 0 Å². The van der Waals surface area contributed by atoms with Gasteiger partial charge in [0, 0.05) is 6.42 Å². The molecule has 5 N–H and O–H groups in total. The van der Waals surface area contributed by atoms with Crippen LogP contribution in [0.1, 0.15) is 13.3 Å². The predicted octanol–water partition coefficient (Wildman–Crippen LogP) is -1.64. The van der Waals surface area contributed by atoms with Crippen molar-refractivity contribution in [2.75, 3.05) is 0 Å². The van der Waals surface area contributed by atoms with Gasteiger partial charge in [0.2, 0.25) is 0 Å². The van der Waals surface area contributed by atoms with Crippen molar-refractivity contribution >= 4 is 17.9 Å². The van der Waals surface area contributed by atoms with E-state index in [-0.39, 0.29) is 6.42 Å². The van der Waals surface area contributed by atoms with Crippen molar-refractivity contribution in [1.29, 1.82) is 0 Å². The lowest BCUT2D eigenvalue weighted by atomic mass is 10.2. The van der Waals surface area contributed by atoms with Gasteiger partial charge in [-0.3, -0.25) is 4.79 Å². The van der Waals surface area contributed by atoms with Crippen LogP contribution in [0.2, 0.25) is 0 Å². The number of aliphatic carboxylic acids is 3. The zero-order valence-corrected chi connectivity index (χ0v) is 7.82. The van der Waals surface area contributed by atoms with Crippen LogP contribution in [-0.2, 0) is 14.4 Å². The third-order valence-corrected chi connectivity index (χ3v) is 1.11. The van der Waals surface area contributed by atoms with E-state index in [2.05, 4.69) is 0 Å². The van der Waals surface area contributed by atoms with E-state index >= 15 is 0 Å². The summed E-state index contributed by atoms with van der Waals surface area (Å²) in [5.74, 6) is -4.28. The molecule has 0 amide bonds. The highest BCUT2D eigenvalue weighted by Crippen LogP contribution is 1.92. The van der Waals surface area contributed by atoms with Crippen LogP contribution >= 0.6 is 0 Å². The first-order valence-corrected chi connectivity index (χ1v) is 3.77. The third-order valence-electron chi connectivity index (χ3n) is 1.11. The van der Waals surface area contributed by atoms with Gasteiger partial charge in [-0.1, -0.05) is 6.92 Å². The summed E-state index contributed by atoms with van der Waals surface area (Å²) in [5, 5.41) is 40.2. The Morgan fingerprint density at radius 2 is 1.13 bits per heavy atom. The molecule has 2 unspecified atom stereocenters. The molecule has 2 atom stereocenters. The smallest absolute Gasteiger partial charge is 0.335 e. The van der Waals surface area contributed by atoms with Gasteiger partial charge in [-0.05, 0) is 0 Å². The fourth-order valence-electron chi connectivity index (χ4n) is 0.270. The minimum Gasteiger partial charge on any atom is -0.481 e. The van der Waals surface area contributed by atoms with Crippen molar-refractivity contribution in [3.05, 3.63) is 0 Å². The quantitative estimate of drug-likeness (QED) is 0.381. The Bertz CT molecular complexity index is 217. The van der Waals surface area contributed by atoms with E-state index in [0.29, 0.717) is 0 Å². The highest BCUT2D eigenvalue weighted by molar-refractivity contribution is 5.83. The SMILES string of the molecule is CCC(=O)O.O=C(O)C(O)C(O)C(=O)O. The summed E-state index contributed by atoms with van der Waals surface area (Å²) in [6.07, 6.45) is -4.31. The van der Waals surface area contributed by atoms with Crippen molar-refractivity contribution in [3.63, 3.8) is 0 Å². The molecule has 15 heavy (non-hydrogen) atoms. The zero-order chi connectivity index (χ0) is 12.6. The molecule has 0 aliphatic heterocycles. The van der Waals surface area contributed by atoms with Crippen molar-refractivity contribution in [2.45, 2.75) is 25.6 Å². The Hall–Kier alpha value is -1.67. The van der Waals surface area contributed by atoms with Crippen LogP contribution in [0.25, 0.3) is 0 Å². The molecule has 0 radical (unpaired) electrons. The van der Waals surface area contributed by atoms with Gasteiger partial charge in [0.25, 0.3) is 0 Å². The van der Waals surface area contributed by atoms with E-state index in [1.165, 1.54) is 0 Å². The molecule has 0 aromatic heterocycles.